The zero-order valence-corrected chi connectivity index (χ0v) is 14.3. The molecule has 3 nitrogen and oxygen atoms in total. The molecule has 1 N–H and O–H groups in total. The maximum atomic E-state index is 3.50. The Morgan fingerprint density at radius 2 is 2.00 bits per heavy atom. The molecule has 0 radical (unpaired) electrons. The van der Waals surface area contributed by atoms with E-state index in [0.717, 1.165) is 6.54 Å². The molecule has 1 aromatic carbocycles. The molecule has 1 fully saturated rings. The molecule has 2 atom stereocenters. The van der Waals surface area contributed by atoms with Crippen molar-refractivity contribution in [1.29, 1.82) is 0 Å². The van der Waals surface area contributed by atoms with Crippen molar-refractivity contribution in [3.05, 3.63) is 34.9 Å². The summed E-state index contributed by atoms with van der Waals surface area (Å²) in [4.78, 5) is 5.12. The van der Waals surface area contributed by atoms with Crippen LogP contribution in [0.1, 0.15) is 36.1 Å². The van der Waals surface area contributed by atoms with Crippen molar-refractivity contribution in [1.82, 2.24) is 15.1 Å². The lowest BCUT2D eigenvalue weighted by molar-refractivity contribution is 0.0865. The lowest BCUT2D eigenvalue weighted by Crippen LogP contribution is -2.52. The molecule has 0 amide bonds. The van der Waals surface area contributed by atoms with Gasteiger partial charge in [-0.1, -0.05) is 25.1 Å². The molecule has 3 heteroatoms. The molecule has 0 aromatic heterocycles. The minimum atomic E-state index is 0.421. The number of aryl methyl sites for hydroxylation is 2. The molecule has 2 unspecified atom stereocenters. The predicted octanol–water partition coefficient (Wildman–Crippen LogP) is 2.59. The largest absolute Gasteiger partial charge is 0.312 e. The van der Waals surface area contributed by atoms with E-state index in [4.69, 9.17) is 0 Å². The minimum absolute atomic E-state index is 0.421. The van der Waals surface area contributed by atoms with Gasteiger partial charge in [0.2, 0.25) is 0 Å². The van der Waals surface area contributed by atoms with E-state index in [1.807, 2.05) is 0 Å². The summed E-state index contributed by atoms with van der Waals surface area (Å²) in [6, 6.07) is 7.98. The summed E-state index contributed by atoms with van der Waals surface area (Å²) < 4.78 is 0. The Hall–Kier alpha value is -0.900. The third-order valence-electron chi connectivity index (χ3n) is 5.06. The zero-order valence-electron chi connectivity index (χ0n) is 14.3. The summed E-state index contributed by atoms with van der Waals surface area (Å²) in [5.41, 5.74) is 4.17. The summed E-state index contributed by atoms with van der Waals surface area (Å²) in [5.74, 6) is 0. The van der Waals surface area contributed by atoms with Gasteiger partial charge in [-0.2, -0.15) is 0 Å². The Labute approximate surface area is 130 Å². The first-order valence-electron chi connectivity index (χ1n) is 8.22. The maximum Gasteiger partial charge on any atom is 0.0446 e. The van der Waals surface area contributed by atoms with Crippen LogP contribution in [0.3, 0.4) is 0 Å². The third kappa shape index (κ3) is 4.06. The van der Waals surface area contributed by atoms with Crippen molar-refractivity contribution in [2.24, 2.45) is 0 Å². The first kappa shape index (κ1) is 16.5. The second-order valence-electron chi connectivity index (χ2n) is 6.49. The molecule has 0 spiro atoms. The quantitative estimate of drug-likeness (QED) is 0.899. The van der Waals surface area contributed by atoms with Crippen LogP contribution in [0.4, 0.5) is 0 Å². The molecule has 2 rings (SSSR count). The second-order valence-corrected chi connectivity index (χ2v) is 6.49. The molecule has 118 valence electrons. The summed E-state index contributed by atoms with van der Waals surface area (Å²) in [6.07, 6.45) is 1.24. The number of nitrogens with one attached hydrogen (secondary N) is 1. The molecule has 0 saturated carbocycles. The van der Waals surface area contributed by atoms with Crippen LogP contribution in [0.15, 0.2) is 18.2 Å². The van der Waals surface area contributed by atoms with Crippen LogP contribution in [0.5, 0.6) is 0 Å². The Bertz CT molecular complexity index is 458. The number of rotatable bonds is 5. The van der Waals surface area contributed by atoms with Crippen LogP contribution in [0, 0.1) is 13.8 Å². The van der Waals surface area contributed by atoms with Crippen LogP contribution in [-0.4, -0.2) is 56.1 Å². The number of likely N-dealkylation sites (N-methyl/N-ethyl adjacent to an activating group) is 2. The van der Waals surface area contributed by atoms with Gasteiger partial charge in [-0.25, -0.2) is 0 Å². The van der Waals surface area contributed by atoms with E-state index in [1.54, 1.807) is 0 Å². The molecule has 1 aromatic rings. The van der Waals surface area contributed by atoms with Gasteiger partial charge in [-0.15, -0.1) is 0 Å². The van der Waals surface area contributed by atoms with Crippen molar-refractivity contribution in [3.63, 3.8) is 0 Å². The van der Waals surface area contributed by atoms with E-state index >= 15 is 0 Å². The van der Waals surface area contributed by atoms with Gasteiger partial charge < -0.3 is 10.2 Å². The Kier molecular flexibility index (Phi) is 5.80. The Morgan fingerprint density at radius 3 is 2.62 bits per heavy atom. The Morgan fingerprint density at radius 1 is 1.24 bits per heavy atom. The highest BCUT2D eigenvalue weighted by Gasteiger charge is 2.24. The fourth-order valence-electron chi connectivity index (χ4n) is 3.22. The average Bonchev–Trinajstić information content (AvgIpc) is 2.49. The van der Waals surface area contributed by atoms with Crippen molar-refractivity contribution in [2.75, 3.05) is 40.3 Å². The lowest BCUT2D eigenvalue weighted by Gasteiger charge is -2.40. The molecule has 1 saturated heterocycles. The number of hydrogen-bond acceptors (Lipinski definition) is 3. The summed E-state index contributed by atoms with van der Waals surface area (Å²) >= 11 is 0. The van der Waals surface area contributed by atoms with Gasteiger partial charge in [0.25, 0.3) is 0 Å². The summed E-state index contributed by atoms with van der Waals surface area (Å²) in [6.45, 7) is 11.3. The highest BCUT2D eigenvalue weighted by Crippen LogP contribution is 2.20. The monoisotopic (exact) mass is 289 g/mol. The maximum absolute atomic E-state index is 3.50. The van der Waals surface area contributed by atoms with Crippen molar-refractivity contribution in [2.45, 2.75) is 39.3 Å². The van der Waals surface area contributed by atoms with Crippen molar-refractivity contribution < 1.29 is 0 Å². The molecule has 1 aliphatic rings. The standard InChI is InChI=1S/C18H31N3/c1-6-17-12-21(10-9-20(17)5)13-18(19-4)16-8-7-14(2)15(3)11-16/h7-8,11,17-19H,6,9-10,12-13H2,1-5H3. The third-order valence-corrected chi connectivity index (χ3v) is 5.06. The lowest BCUT2D eigenvalue weighted by atomic mass is 10.00. The topological polar surface area (TPSA) is 18.5 Å². The highest BCUT2D eigenvalue weighted by molar-refractivity contribution is 5.31. The van der Waals surface area contributed by atoms with E-state index in [1.165, 1.54) is 42.7 Å². The molecule has 1 aliphatic heterocycles. The number of benzene rings is 1. The normalized spacial score (nSPS) is 22.4. The molecule has 0 aliphatic carbocycles. The minimum Gasteiger partial charge on any atom is -0.312 e. The van der Waals surface area contributed by atoms with Gasteiger partial charge in [-0.05, 0) is 51.1 Å². The van der Waals surface area contributed by atoms with Crippen molar-refractivity contribution in [3.8, 4) is 0 Å². The van der Waals surface area contributed by atoms with Gasteiger partial charge in [0.1, 0.15) is 0 Å². The zero-order chi connectivity index (χ0) is 15.4. The molecule has 1 heterocycles. The van der Waals surface area contributed by atoms with Crippen LogP contribution < -0.4 is 5.32 Å². The first-order chi connectivity index (χ1) is 10.0. The van der Waals surface area contributed by atoms with Crippen LogP contribution >= 0.6 is 0 Å². The summed E-state index contributed by atoms with van der Waals surface area (Å²) in [7, 11) is 4.33. The van der Waals surface area contributed by atoms with E-state index in [-0.39, 0.29) is 0 Å². The molecule has 0 bridgehead atoms. The van der Waals surface area contributed by atoms with E-state index in [0.29, 0.717) is 12.1 Å². The highest BCUT2D eigenvalue weighted by atomic mass is 15.3. The van der Waals surface area contributed by atoms with E-state index in [2.05, 4.69) is 68.2 Å². The molecular formula is C18H31N3. The van der Waals surface area contributed by atoms with Gasteiger partial charge in [0, 0.05) is 38.3 Å². The average molecular weight is 289 g/mol. The van der Waals surface area contributed by atoms with E-state index in [9.17, 15) is 0 Å². The first-order valence-corrected chi connectivity index (χ1v) is 8.22. The SMILES string of the molecule is CCC1CN(CC(NC)c2ccc(C)c(C)c2)CCN1C. The van der Waals surface area contributed by atoms with Gasteiger partial charge >= 0.3 is 0 Å². The van der Waals surface area contributed by atoms with Gasteiger partial charge in [0.15, 0.2) is 0 Å². The fraction of sp³-hybridized carbons (Fsp3) is 0.667. The van der Waals surface area contributed by atoms with Crippen LogP contribution in [-0.2, 0) is 0 Å². The van der Waals surface area contributed by atoms with Gasteiger partial charge in [-0.3, -0.25) is 4.90 Å². The number of piperazine rings is 1. The van der Waals surface area contributed by atoms with Crippen molar-refractivity contribution >= 4 is 0 Å². The molecule has 21 heavy (non-hydrogen) atoms. The number of nitrogens with zero attached hydrogens (tertiary/aromatic N) is 2. The second kappa shape index (κ2) is 7.39. The number of hydrogen-bond donors (Lipinski definition) is 1. The van der Waals surface area contributed by atoms with Gasteiger partial charge in [0.05, 0.1) is 0 Å². The molecular weight excluding hydrogens is 258 g/mol. The smallest absolute Gasteiger partial charge is 0.0446 e. The van der Waals surface area contributed by atoms with Crippen LogP contribution in [0.2, 0.25) is 0 Å². The fourth-order valence-corrected chi connectivity index (χ4v) is 3.22. The Balaban J connectivity index is 2.03. The summed E-state index contributed by atoms with van der Waals surface area (Å²) in [5, 5.41) is 3.50. The van der Waals surface area contributed by atoms with E-state index < -0.39 is 0 Å². The van der Waals surface area contributed by atoms with Crippen LogP contribution in [0.25, 0.3) is 0 Å². The predicted molar refractivity (Wildman–Crippen MR) is 90.9 cm³/mol.